The van der Waals surface area contributed by atoms with Gasteiger partial charge in [-0.25, -0.2) is 9.97 Å². The monoisotopic (exact) mass is 214 g/mol. The molecule has 5 heteroatoms. The summed E-state index contributed by atoms with van der Waals surface area (Å²) in [5, 5.41) is 3.34. The van der Waals surface area contributed by atoms with Gasteiger partial charge in [0, 0.05) is 38.1 Å². The average molecular weight is 215 g/mol. The molecule has 4 nitrogen and oxygen atoms in total. The van der Waals surface area contributed by atoms with Crippen molar-refractivity contribution >= 4 is 18.4 Å². The highest BCUT2D eigenvalue weighted by molar-refractivity contribution is 5.85. The molecule has 0 aromatic carbocycles. The minimum atomic E-state index is 0. The van der Waals surface area contributed by atoms with E-state index < -0.39 is 0 Å². The number of piperazine rings is 1. The first-order valence-corrected chi connectivity index (χ1v) is 4.62. The molecule has 0 radical (unpaired) electrons. The Morgan fingerprint density at radius 1 is 1.43 bits per heavy atom. The Morgan fingerprint density at radius 3 is 2.79 bits per heavy atom. The van der Waals surface area contributed by atoms with Gasteiger partial charge in [0.15, 0.2) is 0 Å². The van der Waals surface area contributed by atoms with E-state index in [1.54, 1.807) is 12.4 Å². The van der Waals surface area contributed by atoms with Gasteiger partial charge in [-0.2, -0.15) is 0 Å². The zero-order valence-electron chi connectivity index (χ0n) is 8.18. The highest BCUT2D eigenvalue weighted by Gasteiger charge is 2.19. The summed E-state index contributed by atoms with van der Waals surface area (Å²) in [6.45, 7) is 5.20. The molecule has 1 saturated heterocycles. The molecule has 2 heterocycles. The molecular formula is C9H15ClN4. The van der Waals surface area contributed by atoms with Crippen molar-refractivity contribution in [1.29, 1.82) is 0 Å². The fourth-order valence-electron chi connectivity index (χ4n) is 1.58. The van der Waals surface area contributed by atoms with E-state index in [4.69, 9.17) is 0 Å². The Morgan fingerprint density at radius 2 is 2.14 bits per heavy atom. The minimum absolute atomic E-state index is 0. The summed E-state index contributed by atoms with van der Waals surface area (Å²) >= 11 is 0. The molecule has 1 aromatic rings. The fourth-order valence-corrected chi connectivity index (χ4v) is 1.58. The molecule has 1 N–H and O–H groups in total. The van der Waals surface area contributed by atoms with Crippen molar-refractivity contribution in [3.8, 4) is 0 Å². The number of hydrogen-bond acceptors (Lipinski definition) is 4. The van der Waals surface area contributed by atoms with Crippen LogP contribution in [0.1, 0.15) is 6.92 Å². The van der Waals surface area contributed by atoms with Crippen molar-refractivity contribution in [2.45, 2.75) is 13.0 Å². The lowest BCUT2D eigenvalue weighted by Crippen LogP contribution is -2.50. The average Bonchev–Trinajstić information content (AvgIpc) is 2.20. The third kappa shape index (κ3) is 2.33. The Bertz CT molecular complexity index is 267. The molecule has 0 saturated carbocycles. The highest BCUT2D eigenvalue weighted by atomic mass is 35.5. The summed E-state index contributed by atoms with van der Waals surface area (Å²) in [4.78, 5) is 10.7. The SMILES string of the molecule is CC1CNCCN1c1ncccn1.Cl. The van der Waals surface area contributed by atoms with Crippen LogP contribution in [-0.2, 0) is 0 Å². The van der Waals surface area contributed by atoms with Crippen LogP contribution in [0.2, 0.25) is 0 Å². The van der Waals surface area contributed by atoms with Crippen molar-refractivity contribution in [1.82, 2.24) is 15.3 Å². The van der Waals surface area contributed by atoms with Gasteiger partial charge < -0.3 is 10.2 Å². The van der Waals surface area contributed by atoms with Crippen molar-refractivity contribution in [2.24, 2.45) is 0 Å². The zero-order chi connectivity index (χ0) is 9.10. The molecule has 1 aliphatic rings. The normalized spacial score (nSPS) is 21.5. The summed E-state index contributed by atoms with van der Waals surface area (Å²) < 4.78 is 0. The number of halogens is 1. The fraction of sp³-hybridized carbons (Fsp3) is 0.556. The topological polar surface area (TPSA) is 41.0 Å². The van der Waals surface area contributed by atoms with Gasteiger partial charge in [-0.3, -0.25) is 0 Å². The van der Waals surface area contributed by atoms with E-state index in [1.165, 1.54) is 0 Å². The third-order valence-electron chi connectivity index (χ3n) is 2.31. The summed E-state index contributed by atoms with van der Waals surface area (Å²) in [6.07, 6.45) is 3.58. The van der Waals surface area contributed by atoms with Crippen LogP contribution < -0.4 is 10.2 Å². The van der Waals surface area contributed by atoms with Gasteiger partial charge in [0.25, 0.3) is 0 Å². The lowest BCUT2D eigenvalue weighted by molar-refractivity contribution is 0.493. The smallest absolute Gasteiger partial charge is 0.225 e. The summed E-state index contributed by atoms with van der Waals surface area (Å²) in [6, 6.07) is 2.33. The second-order valence-corrected chi connectivity index (χ2v) is 3.30. The molecule has 2 rings (SSSR count). The van der Waals surface area contributed by atoms with Crippen LogP contribution in [-0.4, -0.2) is 35.6 Å². The van der Waals surface area contributed by atoms with Gasteiger partial charge in [0.05, 0.1) is 0 Å². The molecule has 1 atom stereocenters. The van der Waals surface area contributed by atoms with E-state index in [1.807, 2.05) is 6.07 Å². The summed E-state index contributed by atoms with van der Waals surface area (Å²) in [7, 11) is 0. The first-order chi connectivity index (χ1) is 6.38. The molecule has 1 unspecified atom stereocenters. The number of hydrogen-bond donors (Lipinski definition) is 1. The molecular weight excluding hydrogens is 200 g/mol. The molecule has 0 spiro atoms. The number of nitrogens with zero attached hydrogens (tertiary/aromatic N) is 3. The largest absolute Gasteiger partial charge is 0.336 e. The zero-order valence-corrected chi connectivity index (χ0v) is 9.00. The second-order valence-electron chi connectivity index (χ2n) is 3.30. The van der Waals surface area contributed by atoms with Crippen molar-refractivity contribution in [3.63, 3.8) is 0 Å². The third-order valence-corrected chi connectivity index (χ3v) is 2.31. The highest BCUT2D eigenvalue weighted by Crippen LogP contribution is 2.10. The van der Waals surface area contributed by atoms with Crippen molar-refractivity contribution in [3.05, 3.63) is 18.5 Å². The van der Waals surface area contributed by atoms with Gasteiger partial charge in [-0.1, -0.05) is 0 Å². The van der Waals surface area contributed by atoms with Gasteiger partial charge in [0.1, 0.15) is 0 Å². The van der Waals surface area contributed by atoms with E-state index in [9.17, 15) is 0 Å². The minimum Gasteiger partial charge on any atom is -0.336 e. The maximum Gasteiger partial charge on any atom is 0.225 e. The standard InChI is InChI=1S/C9H14N4.ClH/c1-8-7-10-5-6-13(8)9-11-3-2-4-12-9;/h2-4,8,10H,5-7H2,1H3;1H. The Balaban J connectivity index is 0.000000980. The van der Waals surface area contributed by atoms with E-state index in [0.29, 0.717) is 6.04 Å². The van der Waals surface area contributed by atoms with Crippen LogP contribution in [0, 0.1) is 0 Å². The molecule has 0 aliphatic carbocycles. The molecule has 1 fully saturated rings. The molecule has 78 valence electrons. The van der Waals surface area contributed by atoms with Crippen LogP contribution in [0.3, 0.4) is 0 Å². The lowest BCUT2D eigenvalue weighted by Gasteiger charge is -2.33. The predicted octanol–water partition coefficient (Wildman–Crippen LogP) is 0.696. The number of rotatable bonds is 1. The summed E-state index contributed by atoms with van der Waals surface area (Å²) in [5.41, 5.74) is 0. The first-order valence-electron chi connectivity index (χ1n) is 4.62. The van der Waals surface area contributed by atoms with Gasteiger partial charge in [-0.15, -0.1) is 12.4 Å². The Hall–Kier alpha value is -0.870. The summed E-state index contributed by atoms with van der Waals surface area (Å²) in [5.74, 6) is 0.844. The van der Waals surface area contributed by atoms with Crippen molar-refractivity contribution in [2.75, 3.05) is 24.5 Å². The van der Waals surface area contributed by atoms with E-state index in [0.717, 1.165) is 25.6 Å². The molecule has 1 aromatic heterocycles. The van der Waals surface area contributed by atoms with E-state index in [2.05, 4.69) is 27.1 Å². The predicted molar refractivity (Wildman–Crippen MR) is 59.0 cm³/mol. The Labute approximate surface area is 90.2 Å². The Kier molecular flexibility index (Phi) is 4.10. The maximum atomic E-state index is 4.24. The first kappa shape index (κ1) is 11.2. The number of aromatic nitrogens is 2. The number of anilines is 1. The van der Waals surface area contributed by atoms with Crippen LogP contribution in [0.5, 0.6) is 0 Å². The van der Waals surface area contributed by atoms with Crippen molar-refractivity contribution < 1.29 is 0 Å². The molecule has 0 bridgehead atoms. The van der Waals surface area contributed by atoms with Gasteiger partial charge in [0.2, 0.25) is 5.95 Å². The van der Waals surface area contributed by atoms with Crippen LogP contribution >= 0.6 is 12.4 Å². The van der Waals surface area contributed by atoms with E-state index >= 15 is 0 Å². The molecule has 14 heavy (non-hydrogen) atoms. The van der Waals surface area contributed by atoms with Gasteiger partial charge >= 0.3 is 0 Å². The lowest BCUT2D eigenvalue weighted by atomic mass is 10.2. The van der Waals surface area contributed by atoms with Crippen LogP contribution in [0.4, 0.5) is 5.95 Å². The number of nitrogens with one attached hydrogen (secondary N) is 1. The van der Waals surface area contributed by atoms with Gasteiger partial charge in [-0.05, 0) is 13.0 Å². The molecule has 0 amide bonds. The molecule has 1 aliphatic heterocycles. The van der Waals surface area contributed by atoms with E-state index in [-0.39, 0.29) is 12.4 Å². The van der Waals surface area contributed by atoms with Crippen LogP contribution in [0.25, 0.3) is 0 Å². The van der Waals surface area contributed by atoms with Crippen LogP contribution in [0.15, 0.2) is 18.5 Å². The second kappa shape index (κ2) is 5.12. The maximum absolute atomic E-state index is 4.24. The quantitative estimate of drug-likeness (QED) is 0.747.